The number of hydrogen-bond donors (Lipinski definition) is 2. The summed E-state index contributed by atoms with van der Waals surface area (Å²) in [6.45, 7) is 10.3. The van der Waals surface area contributed by atoms with Gasteiger partial charge in [-0.3, -0.25) is 0 Å². The first-order valence-corrected chi connectivity index (χ1v) is 7.91. The lowest BCUT2D eigenvalue weighted by molar-refractivity contribution is 0.288. The van der Waals surface area contributed by atoms with Gasteiger partial charge in [0.05, 0.1) is 0 Å². The molecule has 0 heterocycles. The Bertz CT molecular complexity index is 423. The fourth-order valence-electron chi connectivity index (χ4n) is 2.50. The molecule has 0 aromatic heterocycles. The third kappa shape index (κ3) is 5.29. The van der Waals surface area contributed by atoms with Crippen LogP contribution in [0.4, 0.5) is 10.1 Å². The molecule has 1 aromatic carbocycles. The Morgan fingerprint density at radius 1 is 1.29 bits per heavy atom. The van der Waals surface area contributed by atoms with Crippen LogP contribution >= 0.6 is 0 Å². The minimum absolute atomic E-state index is 0.103. The predicted molar refractivity (Wildman–Crippen MR) is 87.3 cm³/mol. The van der Waals surface area contributed by atoms with Crippen molar-refractivity contribution < 1.29 is 9.50 Å². The standard InChI is InChI=1S/C17H29FN2O/c1-5-9-19-14(4)16-12-15(18)7-8-17(16)20(13(2)3)10-6-11-21/h7-8,12-14,19,21H,5-6,9-11H2,1-4H3. The van der Waals surface area contributed by atoms with Gasteiger partial charge in [-0.05, 0) is 63.9 Å². The Hall–Kier alpha value is -1.13. The van der Waals surface area contributed by atoms with Crippen molar-refractivity contribution in [3.8, 4) is 0 Å². The molecule has 120 valence electrons. The number of hydrogen-bond acceptors (Lipinski definition) is 3. The summed E-state index contributed by atoms with van der Waals surface area (Å²) in [4.78, 5) is 2.23. The average Bonchev–Trinajstić information content (AvgIpc) is 2.46. The molecule has 21 heavy (non-hydrogen) atoms. The number of aliphatic hydroxyl groups excluding tert-OH is 1. The zero-order chi connectivity index (χ0) is 15.8. The first kappa shape index (κ1) is 17.9. The highest BCUT2D eigenvalue weighted by Gasteiger charge is 2.18. The molecule has 0 fully saturated rings. The highest BCUT2D eigenvalue weighted by molar-refractivity contribution is 5.55. The van der Waals surface area contributed by atoms with E-state index in [-0.39, 0.29) is 18.5 Å². The maximum absolute atomic E-state index is 13.7. The molecule has 0 aliphatic heterocycles. The highest BCUT2D eigenvalue weighted by Crippen LogP contribution is 2.29. The van der Waals surface area contributed by atoms with E-state index in [1.54, 1.807) is 6.07 Å². The summed E-state index contributed by atoms with van der Waals surface area (Å²) in [5.74, 6) is -0.204. The van der Waals surface area contributed by atoms with Gasteiger partial charge in [-0.25, -0.2) is 4.39 Å². The second kappa shape index (κ2) is 9.00. The molecule has 1 atom stereocenters. The fourth-order valence-corrected chi connectivity index (χ4v) is 2.50. The van der Waals surface area contributed by atoms with Gasteiger partial charge < -0.3 is 15.3 Å². The molecule has 0 saturated carbocycles. The minimum atomic E-state index is -0.204. The summed E-state index contributed by atoms with van der Waals surface area (Å²) in [5, 5.41) is 12.5. The first-order chi connectivity index (χ1) is 10.0. The number of nitrogens with zero attached hydrogens (tertiary/aromatic N) is 1. The molecule has 0 aliphatic carbocycles. The molecule has 1 rings (SSSR count). The predicted octanol–water partition coefficient (Wildman–Crippen LogP) is 3.48. The Morgan fingerprint density at radius 3 is 2.57 bits per heavy atom. The van der Waals surface area contributed by atoms with Crippen LogP contribution in [0, 0.1) is 5.82 Å². The van der Waals surface area contributed by atoms with E-state index in [1.807, 2.05) is 6.07 Å². The Labute approximate surface area is 128 Å². The summed E-state index contributed by atoms with van der Waals surface area (Å²) >= 11 is 0. The second-order valence-corrected chi connectivity index (χ2v) is 5.74. The smallest absolute Gasteiger partial charge is 0.123 e. The van der Waals surface area contributed by atoms with Crippen LogP contribution in [0.3, 0.4) is 0 Å². The van der Waals surface area contributed by atoms with Gasteiger partial charge in [-0.2, -0.15) is 0 Å². The molecule has 0 spiro atoms. The van der Waals surface area contributed by atoms with Crippen molar-refractivity contribution in [1.82, 2.24) is 5.32 Å². The van der Waals surface area contributed by atoms with Gasteiger partial charge >= 0.3 is 0 Å². The van der Waals surface area contributed by atoms with E-state index in [0.717, 1.165) is 30.8 Å². The van der Waals surface area contributed by atoms with Crippen molar-refractivity contribution >= 4 is 5.69 Å². The van der Waals surface area contributed by atoms with E-state index < -0.39 is 0 Å². The summed E-state index contributed by atoms with van der Waals surface area (Å²) in [5.41, 5.74) is 2.03. The van der Waals surface area contributed by atoms with Crippen LogP contribution in [0.5, 0.6) is 0 Å². The molecule has 0 bridgehead atoms. The van der Waals surface area contributed by atoms with E-state index in [0.29, 0.717) is 12.5 Å². The zero-order valence-corrected chi connectivity index (χ0v) is 13.7. The first-order valence-electron chi connectivity index (χ1n) is 7.91. The molecule has 0 radical (unpaired) electrons. The lowest BCUT2D eigenvalue weighted by Gasteiger charge is -2.32. The van der Waals surface area contributed by atoms with Crippen LogP contribution < -0.4 is 10.2 Å². The van der Waals surface area contributed by atoms with Gasteiger partial charge in [0.15, 0.2) is 0 Å². The SMILES string of the molecule is CCCNC(C)c1cc(F)ccc1N(CCCO)C(C)C. The van der Waals surface area contributed by atoms with E-state index >= 15 is 0 Å². The molecule has 2 N–H and O–H groups in total. The average molecular weight is 296 g/mol. The number of anilines is 1. The maximum atomic E-state index is 13.7. The molecule has 1 aromatic rings. The summed E-state index contributed by atoms with van der Waals surface area (Å²) in [7, 11) is 0. The number of halogens is 1. The van der Waals surface area contributed by atoms with Gasteiger partial charge in [0.1, 0.15) is 5.82 Å². The number of rotatable bonds is 9. The highest BCUT2D eigenvalue weighted by atomic mass is 19.1. The van der Waals surface area contributed by atoms with Crippen LogP contribution in [-0.2, 0) is 0 Å². The second-order valence-electron chi connectivity index (χ2n) is 5.74. The molecule has 1 unspecified atom stereocenters. The Balaban J connectivity index is 3.07. The molecule has 0 amide bonds. The van der Waals surface area contributed by atoms with Crippen molar-refractivity contribution in [1.29, 1.82) is 0 Å². The monoisotopic (exact) mass is 296 g/mol. The molecule has 4 heteroatoms. The van der Waals surface area contributed by atoms with Crippen molar-refractivity contribution in [2.24, 2.45) is 0 Å². The summed E-state index contributed by atoms with van der Waals surface area (Å²) in [6.07, 6.45) is 1.76. The van der Waals surface area contributed by atoms with E-state index in [4.69, 9.17) is 5.11 Å². The van der Waals surface area contributed by atoms with Crippen LogP contribution in [0.15, 0.2) is 18.2 Å². The summed E-state index contributed by atoms with van der Waals surface area (Å²) < 4.78 is 13.7. The van der Waals surface area contributed by atoms with Crippen molar-refractivity contribution in [3.05, 3.63) is 29.6 Å². The van der Waals surface area contributed by atoms with Gasteiger partial charge in [-0.1, -0.05) is 6.92 Å². The van der Waals surface area contributed by atoms with Gasteiger partial charge in [0, 0.05) is 30.9 Å². The van der Waals surface area contributed by atoms with E-state index in [1.165, 1.54) is 6.07 Å². The number of aliphatic hydroxyl groups is 1. The molecule has 0 saturated heterocycles. The van der Waals surface area contributed by atoms with Crippen molar-refractivity contribution in [2.75, 3.05) is 24.6 Å². The molecule has 3 nitrogen and oxygen atoms in total. The van der Waals surface area contributed by atoms with Crippen LogP contribution in [0.25, 0.3) is 0 Å². The molecular formula is C17H29FN2O. The lowest BCUT2D eigenvalue weighted by atomic mass is 10.0. The quantitative estimate of drug-likeness (QED) is 0.732. The normalized spacial score (nSPS) is 12.7. The summed E-state index contributed by atoms with van der Waals surface area (Å²) in [6, 6.07) is 5.40. The van der Waals surface area contributed by atoms with Gasteiger partial charge in [-0.15, -0.1) is 0 Å². The van der Waals surface area contributed by atoms with Crippen LogP contribution in [0.2, 0.25) is 0 Å². The zero-order valence-electron chi connectivity index (χ0n) is 13.7. The van der Waals surface area contributed by atoms with E-state index in [2.05, 4.69) is 37.9 Å². The number of nitrogens with one attached hydrogen (secondary N) is 1. The van der Waals surface area contributed by atoms with Gasteiger partial charge in [0.25, 0.3) is 0 Å². The largest absolute Gasteiger partial charge is 0.396 e. The van der Waals surface area contributed by atoms with Crippen molar-refractivity contribution in [2.45, 2.75) is 52.6 Å². The molecule has 0 aliphatic rings. The van der Waals surface area contributed by atoms with Crippen LogP contribution in [0.1, 0.15) is 52.1 Å². The lowest BCUT2D eigenvalue weighted by Crippen LogP contribution is -2.34. The Morgan fingerprint density at radius 2 is 2.00 bits per heavy atom. The number of benzene rings is 1. The Kier molecular flexibility index (Phi) is 7.68. The van der Waals surface area contributed by atoms with E-state index in [9.17, 15) is 4.39 Å². The minimum Gasteiger partial charge on any atom is -0.396 e. The topological polar surface area (TPSA) is 35.5 Å². The van der Waals surface area contributed by atoms with Crippen molar-refractivity contribution in [3.63, 3.8) is 0 Å². The third-order valence-electron chi connectivity index (χ3n) is 3.65. The maximum Gasteiger partial charge on any atom is 0.123 e. The molecular weight excluding hydrogens is 267 g/mol. The van der Waals surface area contributed by atoms with Crippen LogP contribution in [-0.4, -0.2) is 30.8 Å². The fraction of sp³-hybridized carbons (Fsp3) is 0.647. The third-order valence-corrected chi connectivity index (χ3v) is 3.65. The van der Waals surface area contributed by atoms with Gasteiger partial charge in [0.2, 0.25) is 0 Å².